The zero-order valence-electron chi connectivity index (χ0n) is 18.3. The van der Waals surface area contributed by atoms with Gasteiger partial charge in [0.1, 0.15) is 10.6 Å². The summed E-state index contributed by atoms with van der Waals surface area (Å²) in [6.07, 6.45) is 8.96. The molecule has 172 valence electrons. The van der Waals surface area contributed by atoms with Gasteiger partial charge in [-0.1, -0.05) is 6.92 Å². The number of rotatable bonds is 5. The average Bonchev–Trinajstić information content (AvgIpc) is 3.48. The van der Waals surface area contributed by atoms with Gasteiger partial charge in [-0.2, -0.15) is 4.31 Å². The molecule has 8 nitrogen and oxygen atoms in total. The van der Waals surface area contributed by atoms with Crippen LogP contribution >= 0.6 is 0 Å². The van der Waals surface area contributed by atoms with Crippen molar-refractivity contribution in [3.8, 4) is 0 Å². The van der Waals surface area contributed by atoms with Gasteiger partial charge in [0.05, 0.1) is 5.92 Å². The zero-order valence-corrected chi connectivity index (χ0v) is 19.1. The fourth-order valence-electron chi connectivity index (χ4n) is 4.98. The molecule has 9 heteroatoms. The van der Waals surface area contributed by atoms with Gasteiger partial charge in [-0.15, -0.1) is 0 Å². The second-order valence-electron chi connectivity index (χ2n) is 9.42. The lowest BCUT2D eigenvalue weighted by molar-refractivity contribution is -0.127. The van der Waals surface area contributed by atoms with E-state index < -0.39 is 10.0 Å². The SMILES string of the molecule is CC1CCC(NC(=O)[C@@H]2CCCN(S(=O)(=O)c3c[nH]c(C(=O)N4CCCC4)c3)C2)CC1. The average molecular weight is 451 g/mol. The Morgan fingerprint density at radius 1 is 1.03 bits per heavy atom. The van der Waals surface area contributed by atoms with Crippen LogP contribution in [0.15, 0.2) is 17.2 Å². The third kappa shape index (κ3) is 4.98. The Morgan fingerprint density at radius 2 is 1.74 bits per heavy atom. The number of likely N-dealkylation sites (tertiary alicyclic amines) is 1. The number of nitrogens with zero attached hydrogens (tertiary/aromatic N) is 2. The van der Waals surface area contributed by atoms with Gasteiger partial charge in [-0.25, -0.2) is 8.42 Å². The van der Waals surface area contributed by atoms with Gasteiger partial charge in [-0.3, -0.25) is 9.59 Å². The van der Waals surface area contributed by atoms with Crippen LogP contribution in [0.3, 0.4) is 0 Å². The Balaban J connectivity index is 1.39. The number of nitrogens with one attached hydrogen (secondary N) is 2. The summed E-state index contributed by atoms with van der Waals surface area (Å²) < 4.78 is 27.8. The van der Waals surface area contributed by atoms with E-state index in [4.69, 9.17) is 0 Å². The third-order valence-electron chi connectivity index (χ3n) is 7.04. The number of carbonyl (C=O) groups excluding carboxylic acids is 2. The molecule has 1 aromatic rings. The topological polar surface area (TPSA) is 103 Å². The molecule has 0 aromatic carbocycles. The summed E-state index contributed by atoms with van der Waals surface area (Å²) in [5.41, 5.74) is 0.304. The van der Waals surface area contributed by atoms with Crippen molar-refractivity contribution in [1.29, 1.82) is 0 Å². The molecule has 3 fully saturated rings. The van der Waals surface area contributed by atoms with Crippen molar-refractivity contribution in [2.24, 2.45) is 11.8 Å². The summed E-state index contributed by atoms with van der Waals surface area (Å²) in [6.45, 7) is 4.25. The molecule has 1 aliphatic carbocycles. The highest BCUT2D eigenvalue weighted by Gasteiger charge is 2.35. The standard InChI is InChI=1S/C22H34N4O4S/c1-16-6-8-18(9-7-16)24-21(27)17-5-4-12-26(15-17)31(29,30)19-13-20(23-14-19)22(28)25-10-2-3-11-25/h13-14,16-18,23H,2-12,15H2,1H3,(H,24,27)/t16?,17-,18?/m1/s1. The third-order valence-corrected chi connectivity index (χ3v) is 8.88. The van der Waals surface area contributed by atoms with Crippen LogP contribution in [0.25, 0.3) is 0 Å². The van der Waals surface area contributed by atoms with Crippen molar-refractivity contribution in [2.45, 2.75) is 69.2 Å². The molecule has 2 saturated heterocycles. The molecule has 4 rings (SSSR count). The number of aromatic nitrogens is 1. The summed E-state index contributed by atoms with van der Waals surface area (Å²) in [6, 6.07) is 1.64. The fraction of sp³-hybridized carbons (Fsp3) is 0.727. The fourth-order valence-corrected chi connectivity index (χ4v) is 6.50. The van der Waals surface area contributed by atoms with Gasteiger partial charge in [0.2, 0.25) is 15.9 Å². The van der Waals surface area contributed by atoms with E-state index in [-0.39, 0.29) is 35.2 Å². The molecular formula is C22H34N4O4S. The van der Waals surface area contributed by atoms with Crippen molar-refractivity contribution in [1.82, 2.24) is 19.5 Å². The first-order valence-electron chi connectivity index (χ1n) is 11.6. The van der Waals surface area contributed by atoms with Gasteiger partial charge in [0.15, 0.2) is 0 Å². The number of aromatic amines is 1. The molecule has 1 aromatic heterocycles. The van der Waals surface area contributed by atoms with Crippen molar-refractivity contribution in [3.63, 3.8) is 0 Å². The summed E-state index contributed by atoms with van der Waals surface area (Å²) >= 11 is 0. The zero-order chi connectivity index (χ0) is 22.0. The Kier molecular flexibility index (Phi) is 6.71. The lowest BCUT2D eigenvalue weighted by Gasteiger charge is -2.33. The van der Waals surface area contributed by atoms with E-state index in [1.165, 1.54) is 16.6 Å². The van der Waals surface area contributed by atoms with Gasteiger partial charge < -0.3 is 15.2 Å². The molecular weight excluding hydrogens is 416 g/mol. The van der Waals surface area contributed by atoms with Gasteiger partial charge in [-0.05, 0) is 63.4 Å². The first-order valence-corrected chi connectivity index (χ1v) is 13.1. The smallest absolute Gasteiger partial charge is 0.270 e. The first kappa shape index (κ1) is 22.3. The normalized spacial score (nSPS) is 27.9. The Hall–Kier alpha value is -1.87. The van der Waals surface area contributed by atoms with E-state index in [1.807, 2.05) is 0 Å². The molecule has 3 aliphatic rings. The van der Waals surface area contributed by atoms with Crippen molar-refractivity contribution in [2.75, 3.05) is 26.2 Å². The minimum absolute atomic E-state index is 0.0292. The Morgan fingerprint density at radius 3 is 2.45 bits per heavy atom. The predicted octanol–water partition coefficient (Wildman–Crippen LogP) is 2.35. The molecule has 2 N–H and O–H groups in total. The van der Waals surface area contributed by atoms with E-state index in [9.17, 15) is 18.0 Å². The highest BCUT2D eigenvalue weighted by Crippen LogP contribution is 2.27. The minimum atomic E-state index is -3.75. The van der Waals surface area contributed by atoms with Crippen LogP contribution in [0.2, 0.25) is 0 Å². The summed E-state index contributed by atoms with van der Waals surface area (Å²) in [5.74, 6) is 0.203. The van der Waals surface area contributed by atoms with Gasteiger partial charge in [0.25, 0.3) is 5.91 Å². The molecule has 3 heterocycles. The number of hydrogen-bond donors (Lipinski definition) is 2. The molecule has 31 heavy (non-hydrogen) atoms. The van der Waals surface area contributed by atoms with E-state index in [0.717, 1.165) is 38.5 Å². The molecule has 0 bridgehead atoms. The summed E-state index contributed by atoms with van der Waals surface area (Å²) in [7, 11) is -3.75. The lowest BCUT2D eigenvalue weighted by Crippen LogP contribution is -2.48. The molecule has 2 amide bonds. The monoisotopic (exact) mass is 450 g/mol. The van der Waals surface area contributed by atoms with E-state index in [2.05, 4.69) is 17.2 Å². The largest absolute Gasteiger partial charge is 0.356 e. The Bertz CT molecular complexity index is 898. The van der Waals surface area contributed by atoms with Crippen LogP contribution in [0.5, 0.6) is 0 Å². The molecule has 0 unspecified atom stereocenters. The maximum absolute atomic E-state index is 13.2. The molecule has 0 spiro atoms. The summed E-state index contributed by atoms with van der Waals surface area (Å²) in [4.78, 5) is 30.0. The first-order chi connectivity index (χ1) is 14.8. The number of hydrogen-bond acceptors (Lipinski definition) is 4. The molecule has 0 radical (unpaired) electrons. The molecule has 1 saturated carbocycles. The Labute approximate surface area is 184 Å². The highest BCUT2D eigenvalue weighted by atomic mass is 32.2. The van der Waals surface area contributed by atoms with E-state index in [0.29, 0.717) is 44.1 Å². The number of sulfonamides is 1. The summed E-state index contributed by atoms with van der Waals surface area (Å²) in [5, 5.41) is 3.15. The van der Waals surface area contributed by atoms with Crippen LogP contribution in [-0.2, 0) is 14.8 Å². The van der Waals surface area contributed by atoms with Gasteiger partial charge >= 0.3 is 0 Å². The van der Waals surface area contributed by atoms with Crippen LogP contribution < -0.4 is 5.32 Å². The predicted molar refractivity (Wildman–Crippen MR) is 117 cm³/mol. The molecule has 1 atom stereocenters. The van der Waals surface area contributed by atoms with Gasteiger partial charge in [0, 0.05) is 38.4 Å². The second kappa shape index (κ2) is 9.32. The second-order valence-corrected chi connectivity index (χ2v) is 11.4. The van der Waals surface area contributed by atoms with Crippen LogP contribution in [0, 0.1) is 11.8 Å². The van der Waals surface area contributed by atoms with Crippen molar-refractivity contribution in [3.05, 3.63) is 18.0 Å². The highest BCUT2D eigenvalue weighted by molar-refractivity contribution is 7.89. The van der Waals surface area contributed by atoms with Crippen LogP contribution in [0.4, 0.5) is 0 Å². The van der Waals surface area contributed by atoms with Crippen LogP contribution in [-0.4, -0.2) is 66.6 Å². The van der Waals surface area contributed by atoms with Crippen LogP contribution in [0.1, 0.15) is 68.8 Å². The quantitative estimate of drug-likeness (QED) is 0.719. The van der Waals surface area contributed by atoms with E-state index >= 15 is 0 Å². The lowest BCUT2D eigenvalue weighted by atomic mass is 9.87. The van der Waals surface area contributed by atoms with Crippen molar-refractivity contribution >= 4 is 21.8 Å². The number of piperidine rings is 1. The number of amides is 2. The number of carbonyl (C=O) groups is 2. The molecule has 2 aliphatic heterocycles. The number of H-pyrrole nitrogens is 1. The van der Waals surface area contributed by atoms with Crippen molar-refractivity contribution < 1.29 is 18.0 Å². The van der Waals surface area contributed by atoms with E-state index in [1.54, 1.807) is 4.90 Å². The minimum Gasteiger partial charge on any atom is -0.356 e. The maximum Gasteiger partial charge on any atom is 0.270 e. The maximum atomic E-state index is 13.2.